The van der Waals surface area contributed by atoms with E-state index < -0.39 is 0 Å². The van der Waals surface area contributed by atoms with E-state index >= 15 is 0 Å². The highest BCUT2D eigenvalue weighted by molar-refractivity contribution is 7.12. The first-order valence-corrected chi connectivity index (χ1v) is 10.3. The fourth-order valence-corrected chi connectivity index (χ4v) is 3.75. The number of carbonyl (C=O) groups excluding carboxylic acids is 1. The van der Waals surface area contributed by atoms with Crippen LogP contribution >= 0.6 is 11.3 Å². The predicted molar refractivity (Wildman–Crippen MR) is 122 cm³/mol. The Hall–Kier alpha value is -4.24. The number of fused-ring (bicyclic) bond motifs is 1. The molecule has 0 aliphatic heterocycles. The van der Waals surface area contributed by atoms with E-state index in [-0.39, 0.29) is 11.5 Å². The molecule has 0 atom stereocenters. The molecule has 0 aliphatic carbocycles. The van der Waals surface area contributed by atoms with E-state index in [1.165, 1.54) is 17.4 Å². The van der Waals surface area contributed by atoms with Gasteiger partial charge in [0, 0.05) is 17.3 Å². The van der Waals surface area contributed by atoms with Crippen LogP contribution in [0.25, 0.3) is 22.3 Å². The molecular formula is C22H16N6O2S. The number of anilines is 3. The van der Waals surface area contributed by atoms with E-state index in [0.717, 1.165) is 16.8 Å². The van der Waals surface area contributed by atoms with Crippen molar-refractivity contribution in [3.05, 3.63) is 87.3 Å². The molecule has 2 aromatic carbocycles. The molecule has 8 nitrogen and oxygen atoms in total. The lowest BCUT2D eigenvalue weighted by Gasteiger charge is -2.07. The van der Waals surface area contributed by atoms with Crippen LogP contribution in [0.3, 0.4) is 0 Å². The van der Waals surface area contributed by atoms with Crippen molar-refractivity contribution in [2.45, 2.75) is 0 Å². The molecule has 0 bridgehead atoms. The fourth-order valence-electron chi connectivity index (χ4n) is 3.13. The molecular weight excluding hydrogens is 412 g/mol. The molecule has 0 saturated carbocycles. The van der Waals surface area contributed by atoms with Gasteiger partial charge in [0.15, 0.2) is 0 Å². The Morgan fingerprint density at radius 2 is 1.77 bits per heavy atom. The zero-order valence-corrected chi connectivity index (χ0v) is 16.9. The van der Waals surface area contributed by atoms with E-state index in [9.17, 15) is 9.59 Å². The smallest absolute Gasteiger partial charge is 0.268 e. The number of nitrogens with zero attached hydrogens (tertiary/aromatic N) is 2. The molecule has 0 unspecified atom stereocenters. The Morgan fingerprint density at radius 1 is 0.903 bits per heavy atom. The molecule has 5 aromatic rings. The van der Waals surface area contributed by atoms with Crippen molar-refractivity contribution < 1.29 is 4.79 Å². The second kappa shape index (κ2) is 7.88. The second-order valence-corrected chi connectivity index (χ2v) is 7.67. The molecule has 3 aromatic heterocycles. The summed E-state index contributed by atoms with van der Waals surface area (Å²) in [6.45, 7) is 0. The zero-order chi connectivity index (χ0) is 21.2. The molecule has 5 rings (SSSR count). The van der Waals surface area contributed by atoms with Gasteiger partial charge in [-0.15, -0.1) is 11.3 Å². The number of amides is 1. The molecule has 4 N–H and O–H groups in total. The maximum absolute atomic E-state index is 12.2. The number of thiophene rings is 1. The number of H-pyrrole nitrogens is 2. The van der Waals surface area contributed by atoms with Crippen LogP contribution in [-0.2, 0) is 0 Å². The quantitative estimate of drug-likeness (QED) is 0.332. The minimum atomic E-state index is -0.267. The van der Waals surface area contributed by atoms with Crippen molar-refractivity contribution in [1.82, 2.24) is 19.9 Å². The number of rotatable bonds is 5. The van der Waals surface area contributed by atoms with E-state index in [1.807, 2.05) is 60.0 Å². The summed E-state index contributed by atoms with van der Waals surface area (Å²) < 4.78 is 0. The van der Waals surface area contributed by atoms with Gasteiger partial charge >= 0.3 is 0 Å². The lowest BCUT2D eigenvalue weighted by atomic mass is 10.1. The largest absolute Gasteiger partial charge is 0.326 e. The summed E-state index contributed by atoms with van der Waals surface area (Å²) >= 11 is 1.36. The van der Waals surface area contributed by atoms with Crippen molar-refractivity contribution in [2.24, 2.45) is 0 Å². The Morgan fingerprint density at radius 3 is 2.58 bits per heavy atom. The maximum atomic E-state index is 12.2. The van der Waals surface area contributed by atoms with Crippen molar-refractivity contribution in [2.75, 3.05) is 10.6 Å². The van der Waals surface area contributed by atoms with Crippen molar-refractivity contribution >= 4 is 45.9 Å². The van der Waals surface area contributed by atoms with Gasteiger partial charge in [-0.05, 0) is 35.7 Å². The van der Waals surface area contributed by atoms with Gasteiger partial charge in [-0.25, -0.2) is 9.97 Å². The van der Waals surface area contributed by atoms with Gasteiger partial charge in [-0.2, -0.15) is 0 Å². The van der Waals surface area contributed by atoms with Crippen molar-refractivity contribution in [1.29, 1.82) is 0 Å². The first-order chi connectivity index (χ1) is 15.1. The third-order valence-corrected chi connectivity index (χ3v) is 5.40. The molecule has 0 saturated heterocycles. The first-order valence-electron chi connectivity index (χ1n) is 9.42. The monoisotopic (exact) mass is 428 g/mol. The molecule has 31 heavy (non-hydrogen) atoms. The molecule has 0 spiro atoms. The topological polar surface area (TPSA) is 116 Å². The van der Waals surface area contributed by atoms with Crippen molar-refractivity contribution in [3.63, 3.8) is 0 Å². The summed E-state index contributed by atoms with van der Waals surface area (Å²) in [6, 6.07) is 20.0. The van der Waals surface area contributed by atoms with Crippen LogP contribution in [0.2, 0.25) is 0 Å². The number of imidazole rings is 1. The normalized spacial score (nSPS) is 10.8. The summed E-state index contributed by atoms with van der Waals surface area (Å²) in [7, 11) is 0. The minimum Gasteiger partial charge on any atom is -0.326 e. The highest BCUT2D eigenvalue weighted by Gasteiger charge is 2.12. The number of benzene rings is 2. The van der Waals surface area contributed by atoms with E-state index in [0.29, 0.717) is 28.0 Å². The van der Waals surface area contributed by atoms with Gasteiger partial charge in [0.05, 0.1) is 21.6 Å². The summed E-state index contributed by atoms with van der Waals surface area (Å²) in [5.74, 6) is 0.486. The highest BCUT2D eigenvalue weighted by Crippen LogP contribution is 2.24. The number of carbonyl (C=O) groups is 1. The SMILES string of the molecule is O=C(Nc1nc2ccc(-c3cc(=O)[nH]c(Nc4ccccc4)n3)cc2[nH]1)c1cccs1. The molecule has 1 amide bonds. The average molecular weight is 428 g/mol. The van der Waals surface area contributed by atoms with E-state index in [1.54, 1.807) is 6.07 Å². The van der Waals surface area contributed by atoms with Crippen LogP contribution in [0.1, 0.15) is 9.67 Å². The van der Waals surface area contributed by atoms with Gasteiger partial charge in [0.25, 0.3) is 11.5 Å². The molecule has 0 fully saturated rings. The second-order valence-electron chi connectivity index (χ2n) is 6.72. The Kier molecular flexibility index (Phi) is 4.77. The van der Waals surface area contributed by atoms with Crippen LogP contribution in [0.15, 0.2) is 76.9 Å². The molecule has 0 radical (unpaired) electrons. The van der Waals surface area contributed by atoms with Crippen LogP contribution in [0.5, 0.6) is 0 Å². The van der Waals surface area contributed by atoms with Crippen LogP contribution < -0.4 is 16.2 Å². The van der Waals surface area contributed by atoms with Gasteiger partial charge in [-0.1, -0.05) is 30.3 Å². The minimum absolute atomic E-state index is 0.220. The Bertz CT molecular complexity index is 1420. The molecule has 9 heteroatoms. The van der Waals surface area contributed by atoms with Gasteiger partial charge in [0.1, 0.15) is 0 Å². The number of para-hydroxylation sites is 1. The number of aromatic amines is 2. The maximum Gasteiger partial charge on any atom is 0.268 e. The standard InChI is InChI=1S/C22H16N6O2S/c29-19-12-16(25-21(27-19)23-14-5-2-1-3-6-14)13-8-9-15-17(11-13)26-22(24-15)28-20(30)18-7-4-10-31-18/h1-12H,(H2,23,25,27,29)(H2,24,26,28,30). The lowest BCUT2D eigenvalue weighted by molar-refractivity contribution is 0.103. The average Bonchev–Trinajstić information content (AvgIpc) is 3.43. The van der Waals surface area contributed by atoms with E-state index in [4.69, 9.17) is 0 Å². The van der Waals surface area contributed by atoms with Gasteiger partial charge in [0.2, 0.25) is 11.9 Å². The predicted octanol–water partition coefficient (Wildman–Crippen LogP) is 4.37. The van der Waals surface area contributed by atoms with Crippen molar-refractivity contribution in [3.8, 4) is 11.3 Å². The van der Waals surface area contributed by atoms with Gasteiger partial charge in [-0.3, -0.25) is 19.9 Å². The van der Waals surface area contributed by atoms with E-state index in [2.05, 4.69) is 30.6 Å². The molecule has 0 aliphatic rings. The number of nitrogens with one attached hydrogen (secondary N) is 4. The number of hydrogen-bond donors (Lipinski definition) is 4. The van der Waals surface area contributed by atoms with Crippen LogP contribution in [-0.4, -0.2) is 25.8 Å². The highest BCUT2D eigenvalue weighted by atomic mass is 32.1. The van der Waals surface area contributed by atoms with Crippen LogP contribution in [0, 0.1) is 0 Å². The molecule has 3 heterocycles. The molecule has 152 valence electrons. The van der Waals surface area contributed by atoms with Gasteiger partial charge < -0.3 is 10.3 Å². The van der Waals surface area contributed by atoms with Crippen LogP contribution in [0.4, 0.5) is 17.6 Å². The first kappa shape index (κ1) is 18.8. The number of aromatic nitrogens is 4. The summed E-state index contributed by atoms with van der Waals surface area (Å²) in [6.07, 6.45) is 0. The fraction of sp³-hybridized carbons (Fsp3) is 0. The lowest BCUT2D eigenvalue weighted by Crippen LogP contribution is -2.11. The summed E-state index contributed by atoms with van der Waals surface area (Å²) in [4.78, 5) is 39.8. The third kappa shape index (κ3) is 4.07. The number of hydrogen-bond acceptors (Lipinski definition) is 6. The Labute approximate surface area is 180 Å². The zero-order valence-electron chi connectivity index (χ0n) is 16.0. The third-order valence-electron chi connectivity index (χ3n) is 4.53. The summed E-state index contributed by atoms with van der Waals surface area (Å²) in [5.41, 5.74) is 3.23. The summed E-state index contributed by atoms with van der Waals surface area (Å²) in [5, 5.41) is 7.70. The Balaban J connectivity index is 1.43.